The van der Waals surface area contributed by atoms with Crippen molar-refractivity contribution in [2.75, 3.05) is 6.16 Å². The van der Waals surface area contributed by atoms with Gasteiger partial charge in [-0.2, -0.15) is 0 Å². The molecule has 0 fully saturated rings. The van der Waals surface area contributed by atoms with E-state index in [9.17, 15) is 0 Å². The van der Waals surface area contributed by atoms with Crippen molar-refractivity contribution in [2.45, 2.75) is 6.92 Å². The van der Waals surface area contributed by atoms with Crippen molar-refractivity contribution in [1.82, 2.24) is 0 Å². The predicted molar refractivity (Wildman–Crippen MR) is 68.3 cm³/mol. The average molecular weight is 474 g/mol. The van der Waals surface area contributed by atoms with E-state index in [0.29, 0.717) is 0 Å². The Morgan fingerprint density at radius 2 is 1.86 bits per heavy atom. The van der Waals surface area contributed by atoms with E-state index in [0.717, 1.165) is 0 Å². The standard InChI is InChI=1S/C2H6I3PS/c1-2-6-7(3,4)5/h7H,2H2,1H3. The lowest BCUT2D eigenvalue weighted by molar-refractivity contribution is 1.53. The van der Waals surface area contributed by atoms with Gasteiger partial charge in [0.1, 0.15) is 0 Å². The van der Waals surface area contributed by atoms with E-state index in [-0.39, 0.29) is 0 Å². The molecule has 0 bridgehead atoms. The van der Waals surface area contributed by atoms with Gasteiger partial charge >= 0.3 is 0 Å². The van der Waals surface area contributed by atoms with Crippen LogP contribution in [-0.4, -0.2) is 6.16 Å². The highest BCUT2D eigenvalue weighted by atomic mass is 127. The number of hydrogen-bond acceptors (Lipinski definition) is 0. The van der Waals surface area contributed by atoms with Gasteiger partial charge in [-0.1, -0.05) is 15.0 Å². The summed E-state index contributed by atoms with van der Waals surface area (Å²) >= 11 is 7.65. The lowest BCUT2D eigenvalue weighted by atomic mass is 11.0. The van der Waals surface area contributed by atoms with Crippen LogP contribution in [0.2, 0.25) is 0 Å². The minimum Gasteiger partial charge on any atom is -0.0946 e. The molecule has 0 N–H and O–H groups in total. The summed E-state index contributed by atoms with van der Waals surface area (Å²) in [5.41, 5.74) is 0. The molecule has 0 spiro atoms. The highest BCUT2D eigenvalue weighted by Crippen LogP contribution is 2.42. The van der Waals surface area contributed by atoms with Gasteiger partial charge in [0.05, 0.1) is 0 Å². The quantitative estimate of drug-likeness (QED) is 0.334. The zero-order valence-corrected chi connectivity index (χ0v) is 12.0. The molecule has 0 rings (SSSR count). The summed E-state index contributed by atoms with van der Waals surface area (Å²) < 4.78 is -0.533. The fourth-order valence-corrected chi connectivity index (χ4v) is 9.68. The molecule has 0 atom stereocenters. The van der Waals surface area contributed by atoms with Crippen molar-refractivity contribution in [1.29, 1.82) is 0 Å². The van der Waals surface area contributed by atoms with Gasteiger partial charge in [0.2, 0.25) is 0 Å². The lowest BCUT2D eigenvalue weighted by Crippen LogP contribution is -1.60. The topological polar surface area (TPSA) is 0 Å². The third kappa shape index (κ3) is 8.84. The van der Waals surface area contributed by atoms with Gasteiger partial charge in [0.25, 0.3) is 0 Å². The van der Waals surface area contributed by atoms with Crippen LogP contribution in [0, 0.1) is 0 Å². The van der Waals surface area contributed by atoms with Gasteiger partial charge < -0.3 is 0 Å². The minimum absolute atomic E-state index is 0.533. The van der Waals surface area contributed by atoms with Crippen LogP contribution < -0.4 is 0 Å². The first kappa shape index (κ1) is 9.84. The van der Waals surface area contributed by atoms with Crippen molar-refractivity contribution in [3.05, 3.63) is 0 Å². The third-order valence-electron chi connectivity index (χ3n) is 0.302. The molecule has 0 nitrogen and oxygen atoms in total. The van der Waals surface area contributed by atoms with E-state index in [2.05, 4.69) is 70.5 Å². The summed E-state index contributed by atoms with van der Waals surface area (Å²) in [6.07, 6.45) is 1.31. The van der Waals surface area contributed by atoms with E-state index >= 15 is 0 Å². The van der Waals surface area contributed by atoms with Crippen LogP contribution in [0.15, 0.2) is 0 Å². The molecular weight excluding hydrogens is 468 g/mol. The fourth-order valence-electron chi connectivity index (χ4n) is 0.160. The van der Waals surface area contributed by atoms with E-state index in [1.54, 1.807) is 7.36 Å². The minimum atomic E-state index is -0.533. The third-order valence-corrected chi connectivity index (χ3v) is 11.0. The Kier molecular flexibility index (Phi) is 6.50. The molecule has 7 heavy (non-hydrogen) atoms. The number of halogens is 3. The highest BCUT2D eigenvalue weighted by molar-refractivity contribution is 14.4. The van der Waals surface area contributed by atoms with Crippen LogP contribution in [0.5, 0.6) is 0 Å². The SMILES string of the molecule is CCP=[SH](I)(I)I. The van der Waals surface area contributed by atoms with E-state index in [1.165, 1.54) is 6.16 Å². The Bertz CT molecular complexity index is 86.8. The molecule has 5 heteroatoms. The van der Waals surface area contributed by atoms with Gasteiger partial charge in [0.15, 0.2) is 0 Å². The van der Waals surface area contributed by atoms with Crippen LogP contribution in [0.4, 0.5) is 0 Å². The molecule has 0 radical (unpaired) electrons. The number of hydrogen-bond donors (Lipinski definition) is 1. The van der Waals surface area contributed by atoms with E-state index < -0.39 is 0.720 Å². The Morgan fingerprint density at radius 3 is 1.86 bits per heavy atom. The van der Waals surface area contributed by atoms with Crippen molar-refractivity contribution < 1.29 is 0 Å². The maximum absolute atomic E-state index is 2.55. The van der Waals surface area contributed by atoms with Crippen LogP contribution in [0.1, 0.15) is 6.92 Å². The zero-order valence-electron chi connectivity index (χ0n) is 3.74. The summed E-state index contributed by atoms with van der Waals surface area (Å²) in [5, 5.41) is 0. The Hall–Kier alpha value is 2.84. The molecule has 0 heterocycles. The van der Waals surface area contributed by atoms with Crippen LogP contribution in [0.3, 0.4) is 0 Å². The number of rotatable bonds is 1. The van der Waals surface area contributed by atoms with Crippen LogP contribution in [0.25, 0.3) is 0 Å². The van der Waals surface area contributed by atoms with Gasteiger partial charge in [-0.25, -0.2) is 0 Å². The summed E-state index contributed by atoms with van der Waals surface area (Å²) in [6, 6.07) is 0. The number of thiol groups is 1. The molecule has 0 saturated carbocycles. The first-order valence-corrected chi connectivity index (χ1v) is 13.7. The molecule has 0 aromatic heterocycles. The Labute approximate surface area is 83.1 Å². The Morgan fingerprint density at radius 1 is 1.43 bits per heavy atom. The molecule has 0 unspecified atom stereocenters. The average Bonchev–Trinajstić information content (AvgIpc) is 1.30. The first-order chi connectivity index (χ1) is 3.06. The van der Waals surface area contributed by atoms with Crippen LogP contribution >= 0.6 is 71.0 Å². The summed E-state index contributed by atoms with van der Waals surface area (Å²) in [6.45, 7) is 2.23. The molecule has 0 amide bonds. The van der Waals surface area contributed by atoms with Gasteiger partial charge in [-0.15, -0.1) is 0 Å². The van der Waals surface area contributed by atoms with Crippen molar-refractivity contribution in [3.63, 3.8) is 0 Å². The molecule has 0 aromatic rings. The normalized spacial score (nSPS) is 14.9. The zero-order chi connectivity index (χ0) is 5.91. The Balaban J connectivity index is 3.73. The highest BCUT2D eigenvalue weighted by Gasteiger charge is 1.89. The fraction of sp³-hybridized carbons (Fsp3) is 1.00. The second-order valence-corrected chi connectivity index (χ2v) is 41.8. The van der Waals surface area contributed by atoms with Gasteiger partial charge in [-0.05, 0) is 69.8 Å². The second kappa shape index (κ2) is 4.62. The van der Waals surface area contributed by atoms with Crippen molar-refractivity contribution in [3.8, 4) is 0 Å². The molecule has 0 aliphatic heterocycles. The summed E-state index contributed by atoms with van der Waals surface area (Å²) in [7, 11) is 1.63. The van der Waals surface area contributed by atoms with Gasteiger partial charge in [-0.3, -0.25) is 0 Å². The smallest absolute Gasteiger partial charge is 0.00776 e. The molecule has 0 aromatic carbocycles. The molecule has 0 aliphatic carbocycles. The van der Waals surface area contributed by atoms with Crippen LogP contribution in [-0.2, 0) is 0.720 Å². The molecule has 46 valence electrons. The van der Waals surface area contributed by atoms with E-state index in [1.807, 2.05) is 0 Å². The maximum Gasteiger partial charge on any atom is -0.00776 e. The van der Waals surface area contributed by atoms with Crippen molar-refractivity contribution in [2.24, 2.45) is 0 Å². The monoisotopic (exact) mass is 474 g/mol. The largest absolute Gasteiger partial charge is 0.0946 e. The maximum atomic E-state index is 2.55. The predicted octanol–water partition coefficient (Wildman–Crippen LogP) is 3.80. The summed E-state index contributed by atoms with van der Waals surface area (Å²) in [5.74, 6) is 0. The molecular formula is C2H6I3PS. The lowest BCUT2D eigenvalue weighted by Gasteiger charge is -2.00. The van der Waals surface area contributed by atoms with E-state index in [4.69, 9.17) is 0 Å². The molecule has 0 aliphatic rings. The van der Waals surface area contributed by atoms with Crippen molar-refractivity contribution >= 4 is 71.7 Å². The first-order valence-electron chi connectivity index (χ1n) is 1.73. The second-order valence-electron chi connectivity index (χ2n) is 0.876. The van der Waals surface area contributed by atoms with Gasteiger partial charge in [0, 0.05) is 0 Å². The summed E-state index contributed by atoms with van der Waals surface area (Å²) in [4.78, 5) is 0. The molecule has 0 saturated heterocycles.